The molecule has 1 saturated heterocycles. The number of anilines is 1. The number of halogens is 1. The van der Waals surface area contributed by atoms with E-state index in [4.69, 9.17) is 10.5 Å². The minimum absolute atomic E-state index is 0.0474. The average Bonchev–Trinajstić information content (AvgIpc) is 2.96. The van der Waals surface area contributed by atoms with Crippen LogP contribution in [0.15, 0.2) is 35.3 Å². The number of rotatable bonds is 5. The van der Waals surface area contributed by atoms with Crippen LogP contribution in [0.5, 0.6) is 0 Å². The molecule has 28 heavy (non-hydrogen) atoms. The number of hydrogen-bond acceptors (Lipinski definition) is 8. The van der Waals surface area contributed by atoms with Gasteiger partial charge in [-0.25, -0.2) is 9.18 Å². The third-order valence-electron chi connectivity index (χ3n) is 4.83. The molecular weight excluding hydrogens is 373 g/mol. The molecule has 0 aliphatic carbocycles. The van der Waals surface area contributed by atoms with Crippen LogP contribution in [0.25, 0.3) is 0 Å². The van der Waals surface area contributed by atoms with E-state index in [1.54, 1.807) is 12.1 Å². The number of ketones is 1. The van der Waals surface area contributed by atoms with Gasteiger partial charge in [0.05, 0.1) is 12.8 Å². The number of nitrogens with two attached hydrogens (primary N) is 1. The highest BCUT2D eigenvalue weighted by atomic mass is 19.1. The summed E-state index contributed by atoms with van der Waals surface area (Å²) in [5, 5.41) is 30.3. The summed E-state index contributed by atoms with van der Waals surface area (Å²) >= 11 is 0. The molecule has 150 valence electrons. The highest BCUT2D eigenvalue weighted by Gasteiger charge is 2.61. The topological polar surface area (TPSA) is 148 Å². The smallest absolute Gasteiger partial charge is 0.352 e. The lowest BCUT2D eigenvalue weighted by atomic mass is 9.92. The lowest BCUT2D eigenvalue weighted by Crippen LogP contribution is -2.56. The minimum Gasteiger partial charge on any atom is -0.394 e. The summed E-state index contributed by atoms with van der Waals surface area (Å²) in [6.07, 6.45) is -3.78. The van der Waals surface area contributed by atoms with E-state index in [2.05, 4.69) is 4.98 Å². The lowest BCUT2D eigenvalue weighted by molar-refractivity contribution is -0.118. The van der Waals surface area contributed by atoms with E-state index in [0.29, 0.717) is 10.8 Å². The molecular formula is C18H20FN3O6. The van der Waals surface area contributed by atoms with Crippen LogP contribution < -0.4 is 11.4 Å². The van der Waals surface area contributed by atoms with Crippen LogP contribution in [0.3, 0.4) is 0 Å². The Balaban J connectivity index is 2.22. The fourth-order valence-electron chi connectivity index (χ4n) is 3.23. The maximum Gasteiger partial charge on any atom is 0.352 e. The molecule has 2 heterocycles. The lowest BCUT2D eigenvalue weighted by Gasteiger charge is -2.32. The number of aliphatic hydroxyl groups is 3. The molecule has 0 saturated carbocycles. The number of nitrogens with zero attached hydrogens (tertiary/aromatic N) is 2. The van der Waals surface area contributed by atoms with Crippen molar-refractivity contribution in [2.75, 3.05) is 12.3 Å². The first-order valence-corrected chi connectivity index (χ1v) is 8.60. The van der Waals surface area contributed by atoms with Crippen LogP contribution in [-0.2, 0) is 16.9 Å². The van der Waals surface area contributed by atoms with Gasteiger partial charge in [-0.05, 0) is 12.0 Å². The Morgan fingerprint density at radius 3 is 2.54 bits per heavy atom. The number of aliphatic hydroxyl groups excluding tert-OH is 3. The second-order valence-electron chi connectivity index (χ2n) is 6.48. The van der Waals surface area contributed by atoms with Gasteiger partial charge < -0.3 is 25.8 Å². The van der Waals surface area contributed by atoms with Crippen molar-refractivity contribution in [3.63, 3.8) is 0 Å². The molecule has 1 aliphatic rings. The SMILES string of the molecule is CCc1ccc(C(=O)[C@@]2(n3cc(F)c(N)nc3=O)O[C@H](CO)[C@@H](O)[C@H]2O)cc1. The number of carbonyl (C=O) groups is 1. The van der Waals surface area contributed by atoms with Crippen molar-refractivity contribution < 1.29 is 29.2 Å². The Labute approximate surface area is 158 Å². The highest BCUT2D eigenvalue weighted by molar-refractivity contribution is 6.01. The molecule has 9 nitrogen and oxygen atoms in total. The summed E-state index contributed by atoms with van der Waals surface area (Å²) in [4.78, 5) is 29.0. The summed E-state index contributed by atoms with van der Waals surface area (Å²) in [5.41, 5.74) is 2.58. The third-order valence-corrected chi connectivity index (χ3v) is 4.83. The number of ether oxygens (including phenoxy) is 1. The van der Waals surface area contributed by atoms with E-state index < -0.39 is 53.8 Å². The molecule has 5 N–H and O–H groups in total. The fourth-order valence-corrected chi connectivity index (χ4v) is 3.23. The number of hydrogen-bond donors (Lipinski definition) is 4. The Kier molecular flexibility index (Phi) is 5.31. The predicted molar refractivity (Wildman–Crippen MR) is 95.0 cm³/mol. The molecule has 4 atom stereocenters. The molecule has 2 aromatic rings. The van der Waals surface area contributed by atoms with Gasteiger partial charge in [0.25, 0.3) is 0 Å². The first-order valence-electron chi connectivity index (χ1n) is 8.60. The van der Waals surface area contributed by atoms with Gasteiger partial charge in [-0.3, -0.25) is 9.36 Å². The second-order valence-corrected chi connectivity index (χ2v) is 6.48. The van der Waals surface area contributed by atoms with Crippen molar-refractivity contribution in [2.24, 2.45) is 0 Å². The van der Waals surface area contributed by atoms with Gasteiger partial charge in [-0.15, -0.1) is 0 Å². The van der Waals surface area contributed by atoms with Crippen LogP contribution in [0.4, 0.5) is 10.2 Å². The minimum atomic E-state index is -2.53. The van der Waals surface area contributed by atoms with Gasteiger partial charge in [0.1, 0.15) is 18.3 Å². The monoisotopic (exact) mass is 393 g/mol. The largest absolute Gasteiger partial charge is 0.394 e. The summed E-state index contributed by atoms with van der Waals surface area (Å²) < 4.78 is 20.0. The van der Waals surface area contributed by atoms with Gasteiger partial charge in [0.15, 0.2) is 11.6 Å². The summed E-state index contributed by atoms with van der Waals surface area (Å²) in [6.45, 7) is 1.17. The molecule has 3 rings (SSSR count). The molecule has 1 aromatic heterocycles. The van der Waals surface area contributed by atoms with Crippen LogP contribution in [0, 0.1) is 5.82 Å². The van der Waals surface area contributed by atoms with E-state index in [1.807, 2.05) is 6.92 Å². The van der Waals surface area contributed by atoms with E-state index in [-0.39, 0.29) is 5.56 Å². The number of aromatic nitrogens is 2. The van der Waals surface area contributed by atoms with E-state index in [1.165, 1.54) is 12.1 Å². The fraction of sp³-hybridized carbons (Fsp3) is 0.389. The number of carbonyl (C=O) groups excluding carboxylic acids is 1. The predicted octanol–water partition coefficient (Wildman–Crippen LogP) is -0.824. The van der Waals surface area contributed by atoms with Crippen LogP contribution >= 0.6 is 0 Å². The molecule has 0 unspecified atom stereocenters. The standard InChI is InChI=1S/C18H20FN3O6/c1-2-9-3-5-10(6-4-9)14(25)18(15(26)13(24)12(8-23)28-18)22-7-11(19)16(20)21-17(22)27/h3-7,12-13,15,23-24,26H,2,8H2,1H3,(H2,20,21,27)/t12-,13-,15-,18-/m1/s1. The maximum atomic E-state index is 14.0. The van der Waals surface area contributed by atoms with Crippen molar-refractivity contribution in [2.45, 2.75) is 37.4 Å². The zero-order chi connectivity index (χ0) is 20.6. The highest BCUT2D eigenvalue weighted by Crippen LogP contribution is 2.38. The molecule has 0 radical (unpaired) electrons. The summed E-state index contributed by atoms with van der Waals surface area (Å²) in [6, 6.07) is 6.27. The average molecular weight is 393 g/mol. The molecule has 0 bridgehead atoms. The third kappa shape index (κ3) is 3.00. The van der Waals surface area contributed by atoms with Gasteiger partial charge in [-0.2, -0.15) is 4.98 Å². The molecule has 1 aromatic carbocycles. The van der Waals surface area contributed by atoms with Crippen molar-refractivity contribution >= 4 is 11.6 Å². The number of Topliss-reactive ketones (excluding diaryl/α,β-unsaturated/α-hetero) is 1. The van der Waals surface area contributed by atoms with Gasteiger partial charge in [0.2, 0.25) is 11.5 Å². The second kappa shape index (κ2) is 7.40. The van der Waals surface area contributed by atoms with E-state index in [0.717, 1.165) is 12.0 Å². The van der Waals surface area contributed by atoms with E-state index in [9.17, 15) is 29.3 Å². The normalized spacial score (nSPS) is 27.1. The van der Waals surface area contributed by atoms with Crippen molar-refractivity contribution in [3.8, 4) is 0 Å². The van der Waals surface area contributed by atoms with Crippen molar-refractivity contribution in [3.05, 3.63) is 57.9 Å². The quantitative estimate of drug-likeness (QED) is 0.482. The van der Waals surface area contributed by atoms with E-state index >= 15 is 0 Å². The Morgan fingerprint density at radius 1 is 1.36 bits per heavy atom. The molecule has 0 spiro atoms. The van der Waals surface area contributed by atoms with Crippen molar-refractivity contribution in [1.82, 2.24) is 9.55 Å². The zero-order valence-corrected chi connectivity index (χ0v) is 14.9. The van der Waals surface area contributed by atoms with Gasteiger partial charge >= 0.3 is 5.69 Å². The van der Waals surface area contributed by atoms with Gasteiger partial charge in [-0.1, -0.05) is 31.2 Å². The first kappa shape index (κ1) is 20.1. The van der Waals surface area contributed by atoms with Crippen molar-refractivity contribution in [1.29, 1.82) is 0 Å². The zero-order valence-electron chi connectivity index (χ0n) is 14.9. The van der Waals surface area contributed by atoms with Crippen LogP contribution in [0.2, 0.25) is 0 Å². The summed E-state index contributed by atoms with van der Waals surface area (Å²) in [7, 11) is 0. The molecule has 1 aliphatic heterocycles. The summed E-state index contributed by atoms with van der Waals surface area (Å²) in [5.74, 6) is -2.72. The van der Waals surface area contributed by atoms with Gasteiger partial charge in [0, 0.05) is 5.56 Å². The van der Waals surface area contributed by atoms with Crippen LogP contribution in [-0.4, -0.2) is 55.6 Å². The maximum absolute atomic E-state index is 14.0. The van der Waals surface area contributed by atoms with Crippen LogP contribution in [0.1, 0.15) is 22.8 Å². The Hall–Kier alpha value is -2.66. The molecule has 10 heteroatoms. The Bertz CT molecular complexity index is 947. The number of nitrogen functional groups attached to an aromatic ring is 1. The first-order chi connectivity index (χ1) is 13.3. The Morgan fingerprint density at radius 2 is 2.00 bits per heavy atom. The number of benzene rings is 1. The molecule has 0 amide bonds. The number of aryl methyl sites for hydroxylation is 1. The molecule has 1 fully saturated rings.